The topological polar surface area (TPSA) is 50.7 Å². The number of halogens is 1. The van der Waals surface area contributed by atoms with Crippen LogP contribution in [-0.4, -0.2) is 24.9 Å². The third-order valence-electron chi connectivity index (χ3n) is 3.37. The molecular formula is C18H22ClNO3. The highest BCUT2D eigenvalue weighted by Crippen LogP contribution is 2.32. The van der Waals surface area contributed by atoms with Gasteiger partial charge in [0.1, 0.15) is 6.61 Å². The molecule has 0 radical (unpaired) electrons. The first-order valence-electron chi connectivity index (χ1n) is 7.52. The normalized spacial score (nSPS) is 12.0. The van der Waals surface area contributed by atoms with Gasteiger partial charge in [-0.2, -0.15) is 0 Å². The van der Waals surface area contributed by atoms with Crippen molar-refractivity contribution < 1.29 is 14.6 Å². The largest absolute Gasteiger partial charge is 0.493 e. The van der Waals surface area contributed by atoms with Crippen molar-refractivity contribution in [3.05, 3.63) is 58.6 Å². The van der Waals surface area contributed by atoms with Crippen LogP contribution in [0.2, 0.25) is 5.02 Å². The molecular weight excluding hydrogens is 314 g/mol. The monoisotopic (exact) mass is 335 g/mol. The first-order chi connectivity index (χ1) is 11.1. The molecule has 0 aliphatic heterocycles. The first kappa shape index (κ1) is 17.6. The molecule has 0 aliphatic rings. The molecule has 4 nitrogen and oxygen atoms in total. The lowest BCUT2D eigenvalue weighted by Crippen LogP contribution is -2.24. The van der Waals surface area contributed by atoms with Crippen molar-refractivity contribution in [2.75, 3.05) is 13.7 Å². The Morgan fingerprint density at radius 3 is 2.57 bits per heavy atom. The average molecular weight is 336 g/mol. The molecule has 5 heteroatoms. The van der Waals surface area contributed by atoms with Crippen molar-refractivity contribution in [2.24, 2.45) is 0 Å². The van der Waals surface area contributed by atoms with Crippen molar-refractivity contribution in [1.82, 2.24) is 5.32 Å². The minimum atomic E-state index is -0.395. The fraction of sp³-hybridized carbons (Fsp3) is 0.333. The molecule has 0 amide bonds. The number of aliphatic hydroxyl groups excluding tert-OH is 1. The molecule has 2 aromatic carbocycles. The number of hydrogen-bond donors (Lipinski definition) is 2. The summed E-state index contributed by atoms with van der Waals surface area (Å²) in [6, 6.07) is 13.3. The smallest absolute Gasteiger partial charge is 0.166 e. The van der Waals surface area contributed by atoms with Crippen molar-refractivity contribution in [3.63, 3.8) is 0 Å². The highest BCUT2D eigenvalue weighted by molar-refractivity contribution is 6.31. The summed E-state index contributed by atoms with van der Waals surface area (Å²) in [6.07, 6.45) is -0.395. The minimum absolute atomic E-state index is 0.365. The highest BCUT2D eigenvalue weighted by Gasteiger charge is 2.12. The van der Waals surface area contributed by atoms with Gasteiger partial charge in [0.2, 0.25) is 0 Å². The quantitative estimate of drug-likeness (QED) is 0.776. The van der Waals surface area contributed by atoms with Crippen LogP contribution in [0.4, 0.5) is 0 Å². The number of nitrogens with one attached hydrogen (secondary N) is 1. The second kappa shape index (κ2) is 8.77. The summed E-state index contributed by atoms with van der Waals surface area (Å²) in [5.74, 6) is 1.36. The second-order valence-electron chi connectivity index (χ2n) is 5.31. The van der Waals surface area contributed by atoms with Gasteiger partial charge in [-0.05, 0) is 19.1 Å². The van der Waals surface area contributed by atoms with Gasteiger partial charge in [-0.15, -0.1) is 0 Å². The highest BCUT2D eigenvalue weighted by atomic mass is 35.5. The zero-order chi connectivity index (χ0) is 16.7. The van der Waals surface area contributed by atoms with Gasteiger partial charge in [-0.25, -0.2) is 0 Å². The maximum Gasteiger partial charge on any atom is 0.166 e. The van der Waals surface area contributed by atoms with Gasteiger partial charge >= 0.3 is 0 Å². The fourth-order valence-corrected chi connectivity index (χ4v) is 2.40. The van der Waals surface area contributed by atoms with Crippen LogP contribution in [0.3, 0.4) is 0 Å². The summed E-state index contributed by atoms with van der Waals surface area (Å²) in [4.78, 5) is 0. The number of methoxy groups -OCH3 is 1. The molecule has 23 heavy (non-hydrogen) atoms. The van der Waals surface area contributed by atoms with E-state index in [9.17, 15) is 5.11 Å². The second-order valence-corrected chi connectivity index (χ2v) is 5.72. The lowest BCUT2D eigenvalue weighted by molar-refractivity contribution is 0.190. The Kier molecular flexibility index (Phi) is 6.71. The van der Waals surface area contributed by atoms with Crippen LogP contribution in [0.1, 0.15) is 18.1 Å². The molecule has 0 saturated carbocycles. The Morgan fingerprint density at radius 1 is 1.13 bits per heavy atom. The molecule has 0 heterocycles. The van der Waals surface area contributed by atoms with E-state index in [0.717, 1.165) is 11.1 Å². The van der Waals surface area contributed by atoms with Gasteiger partial charge in [0.05, 0.1) is 13.2 Å². The zero-order valence-electron chi connectivity index (χ0n) is 13.4. The van der Waals surface area contributed by atoms with E-state index in [1.807, 2.05) is 42.5 Å². The molecule has 0 spiro atoms. The molecule has 1 atom stereocenters. The molecule has 0 bridgehead atoms. The molecule has 0 saturated heterocycles. The van der Waals surface area contributed by atoms with Crippen molar-refractivity contribution in [1.29, 1.82) is 0 Å². The standard InChI is InChI=1S/C18H22ClNO3/c1-13(21)10-20-11-14-7-5-9-17(22-2)18(14)23-12-15-6-3-4-8-16(15)19/h3-9,13,20-21H,10-12H2,1-2H3/t13-/m1/s1. The number of rotatable bonds is 8. The van der Waals surface area contributed by atoms with Crippen LogP contribution in [0.5, 0.6) is 11.5 Å². The predicted octanol–water partition coefficient (Wildman–Crippen LogP) is 3.40. The number of benzene rings is 2. The zero-order valence-corrected chi connectivity index (χ0v) is 14.1. The summed E-state index contributed by atoms with van der Waals surface area (Å²) in [6.45, 7) is 3.21. The first-order valence-corrected chi connectivity index (χ1v) is 7.90. The van der Waals surface area contributed by atoms with Crippen molar-refractivity contribution in [2.45, 2.75) is 26.2 Å². The van der Waals surface area contributed by atoms with Gasteiger partial charge < -0.3 is 19.9 Å². The Bertz CT molecular complexity index is 631. The summed E-state index contributed by atoms with van der Waals surface area (Å²) >= 11 is 6.17. The lowest BCUT2D eigenvalue weighted by atomic mass is 10.1. The maximum absolute atomic E-state index is 9.35. The summed E-state index contributed by atoms with van der Waals surface area (Å²) in [7, 11) is 1.62. The SMILES string of the molecule is COc1cccc(CNC[C@@H](C)O)c1OCc1ccccc1Cl. The van der Waals surface area contributed by atoms with Gasteiger partial charge in [0, 0.05) is 29.2 Å². The summed E-state index contributed by atoms with van der Waals surface area (Å²) < 4.78 is 11.4. The lowest BCUT2D eigenvalue weighted by Gasteiger charge is -2.16. The Balaban J connectivity index is 2.13. The van der Waals surface area contributed by atoms with Crippen LogP contribution in [0.25, 0.3) is 0 Å². The molecule has 2 N–H and O–H groups in total. The van der Waals surface area contributed by atoms with Crippen molar-refractivity contribution in [3.8, 4) is 11.5 Å². The van der Waals surface area contributed by atoms with E-state index in [-0.39, 0.29) is 0 Å². The van der Waals surface area contributed by atoms with E-state index < -0.39 is 6.10 Å². The third kappa shape index (κ3) is 5.13. The predicted molar refractivity (Wildman–Crippen MR) is 92.2 cm³/mol. The van der Waals surface area contributed by atoms with Crippen LogP contribution >= 0.6 is 11.6 Å². The van der Waals surface area contributed by atoms with Crippen LogP contribution in [0.15, 0.2) is 42.5 Å². The maximum atomic E-state index is 9.35. The Hall–Kier alpha value is -1.75. The number of hydrogen-bond acceptors (Lipinski definition) is 4. The van der Waals surface area contributed by atoms with Crippen LogP contribution in [0, 0.1) is 0 Å². The number of aliphatic hydroxyl groups is 1. The molecule has 0 unspecified atom stereocenters. The molecule has 0 aromatic heterocycles. The fourth-order valence-electron chi connectivity index (χ4n) is 2.21. The van der Waals surface area contributed by atoms with Gasteiger partial charge in [-0.3, -0.25) is 0 Å². The summed E-state index contributed by atoms with van der Waals surface area (Å²) in [5, 5.41) is 13.2. The van der Waals surface area contributed by atoms with E-state index in [1.165, 1.54) is 0 Å². The number of para-hydroxylation sites is 1. The molecule has 124 valence electrons. The Morgan fingerprint density at radius 2 is 1.87 bits per heavy atom. The summed E-state index contributed by atoms with van der Waals surface area (Å²) in [5.41, 5.74) is 1.89. The van der Waals surface area contributed by atoms with Gasteiger partial charge in [0.15, 0.2) is 11.5 Å². The Labute approximate surface area is 142 Å². The van der Waals surface area contributed by atoms with Crippen molar-refractivity contribution >= 4 is 11.6 Å². The van der Waals surface area contributed by atoms with E-state index >= 15 is 0 Å². The van der Waals surface area contributed by atoms with Crippen LogP contribution < -0.4 is 14.8 Å². The molecule has 2 rings (SSSR count). The van der Waals surface area contributed by atoms with Gasteiger partial charge in [0.25, 0.3) is 0 Å². The van der Waals surface area contributed by atoms with E-state index in [1.54, 1.807) is 14.0 Å². The average Bonchev–Trinajstić information content (AvgIpc) is 2.54. The number of ether oxygens (including phenoxy) is 2. The van der Waals surface area contributed by atoms with E-state index in [0.29, 0.717) is 36.2 Å². The third-order valence-corrected chi connectivity index (χ3v) is 3.73. The van der Waals surface area contributed by atoms with E-state index in [2.05, 4.69) is 5.32 Å². The van der Waals surface area contributed by atoms with E-state index in [4.69, 9.17) is 21.1 Å². The molecule has 0 fully saturated rings. The van der Waals surface area contributed by atoms with Gasteiger partial charge in [-0.1, -0.05) is 41.9 Å². The molecule has 2 aromatic rings. The van der Waals surface area contributed by atoms with Crippen LogP contribution in [-0.2, 0) is 13.2 Å². The minimum Gasteiger partial charge on any atom is -0.493 e. The molecule has 0 aliphatic carbocycles.